The first-order chi connectivity index (χ1) is 11.0. The first kappa shape index (κ1) is 22.4. The molecule has 0 aromatic rings. The van der Waals surface area contributed by atoms with E-state index >= 15 is 0 Å². The standard InChI is InChI=1S/C14H24N2O6S2/c1-8(2)20-11(17)15(12(18)21-9(3)4)16(14(23)24-7)13(19)22-10(5)6/h8-10H,1-7H3. The molecule has 0 radical (unpaired) electrons. The summed E-state index contributed by atoms with van der Waals surface area (Å²) in [7, 11) is 0. The van der Waals surface area contributed by atoms with Crippen LogP contribution < -0.4 is 0 Å². The van der Waals surface area contributed by atoms with E-state index in [1.807, 2.05) is 0 Å². The first-order valence-corrected chi connectivity index (χ1v) is 8.94. The monoisotopic (exact) mass is 380 g/mol. The van der Waals surface area contributed by atoms with Crippen LogP contribution in [0.25, 0.3) is 0 Å². The van der Waals surface area contributed by atoms with Crippen LogP contribution in [0, 0.1) is 0 Å². The molecule has 0 bridgehead atoms. The van der Waals surface area contributed by atoms with Gasteiger partial charge in [0.15, 0.2) is 4.32 Å². The zero-order valence-corrected chi connectivity index (χ0v) is 16.5. The predicted octanol–water partition coefficient (Wildman–Crippen LogP) is 3.79. The van der Waals surface area contributed by atoms with Gasteiger partial charge in [-0.05, 0) is 47.8 Å². The van der Waals surface area contributed by atoms with E-state index in [2.05, 4.69) is 0 Å². The zero-order chi connectivity index (χ0) is 19.0. The lowest BCUT2D eigenvalue weighted by molar-refractivity contribution is -0.00877. The lowest BCUT2D eigenvalue weighted by Crippen LogP contribution is -2.55. The molecule has 0 aromatic heterocycles. The van der Waals surface area contributed by atoms with Crippen molar-refractivity contribution in [3.05, 3.63) is 0 Å². The van der Waals surface area contributed by atoms with E-state index in [-0.39, 0.29) is 4.32 Å². The Balaban J connectivity index is 5.78. The average Bonchev–Trinajstić information content (AvgIpc) is 2.40. The molecule has 3 amide bonds. The van der Waals surface area contributed by atoms with Crippen molar-refractivity contribution >= 4 is 46.6 Å². The number of hydrogen-bond acceptors (Lipinski definition) is 8. The van der Waals surface area contributed by atoms with Crippen LogP contribution in [-0.4, -0.2) is 57.2 Å². The highest BCUT2D eigenvalue weighted by Gasteiger charge is 2.39. The number of carbonyl (C=O) groups excluding carboxylic acids is 3. The summed E-state index contributed by atoms with van der Waals surface area (Å²) in [6, 6.07) is 0. The molecule has 0 aliphatic heterocycles. The Morgan fingerprint density at radius 1 is 0.750 bits per heavy atom. The number of carbonyl (C=O) groups is 3. The molecule has 0 saturated carbocycles. The molecule has 10 heteroatoms. The summed E-state index contributed by atoms with van der Waals surface area (Å²) in [6.07, 6.45) is -3.08. The molecule has 0 aliphatic carbocycles. The van der Waals surface area contributed by atoms with Crippen LogP contribution in [-0.2, 0) is 14.2 Å². The van der Waals surface area contributed by atoms with Crippen molar-refractivity contribution in [2.75, 3.05) is 6.26 Å². The third-order valence-electron chi connectivity index (χ3n) is 2.08. The van der Waals surface area contributed by atoms with Gasteiger partial charge in [-0.25, -0.2) is 14.4 Å². The maximum atomic E-state index is 12.3. The van der Waals surface area contributed by atoms with Crippen LogP contribution in [0.15, 0.2) is 0 Å². The molecule has 0 unspecified atom stereocenters. The van der Waals surface area contributed by atoms with Crippen molar-refractivity contribution in [3.8, 4) is 0 Å². The maximum absolute atomic E-state index is 12.3. The van der Waals surface area contributed by atoms with Crippen molar-refractivity contribution in [3.63, 3.8) is 0 Å². The molecule has 0 spiro atoms. The van der Waals surface area contributed by atoms with Crippen molar-refractivity contribution in [2.45, 2.75) is 59.9 Å². The van der Waals surface area contributed by atoms with Crippen molar-refractivity contribution < 1.29 is 28.6 Å². The van der Waals surface area contributed by atoms with Crippen molar-refractivity contribution in [2.24, 2.45) is 0 Å². The number of rotatable bonds is 3. The molecule has 138 valence electrons. The lowest BCUT2D eigenvalue weighted by Gasteiger charge is -2.31. The minimum absolute atomic E-state index is 0.0675. The number of hydrogen-bond donors (Lipinski definition) is 0. The van der Waals surface area contributed by atoms with Gasteiger partial charge in [0.05, 0.1) is 18.3 Å². The van der Waals surface area contributed by atoms with E-state index in [0.29, 0.717) is 10.0 Å². The fourth-order valence-corrected chi connectivity index (χ4v) is 1.80. The Labute approximate surface area is 151 Å². The van der Waals surface area contributed by atoms with Gasteiger partial charge in [-0.1, -0.05) is 24.0 Å². The van der Waals surface area contributed by atoms with E-state index in [4.69, 9.17) is 26.4 Å². The minimum atomic E-state index is -1.09. The highest BCUT2D eigenvalue weighted by atomic mass is 32.2. The molecule has 24 heavy (non-hydrogen) atoms. The van der Waals surface area contributed by atoms with Gasteiger partial charge >= 0.3 is 18.3 Å². The molecule has 0 atom stereocenters. The highest BCUT2D eigenvalue weighted by Crippen LogP contribution is 2.16. The second kappa shape index (κ2) is 10.3. The summed E-state index contributed by atoms with van der Waals surface area (Å²) in [5.41, 5.74) is 0. The fourth-order valence-electron chi connectivity index (χ4n) is 1.32. The van der Waals surface area contributed by atoms with Gasteiger partial charge in [-0.2, -0.15) is 5.01 Å². The van der Waals surface area contributed by atoms with Gasteiger partial charge < -0.3 is 14.2 Å². The number of thioether (sulfide) groups is 1. The Kier molecular flexibility index (Phi) is 9.67. The molecule has 0 fully saturated rings. The van der Waals surface area contributed by atoms with Gasteiger partial charge in [-0.3, -0.25) is 0 Å². The molecular formula is C14H24N2O6S2. The van der Waals surface area contributed by atoms with E-state index < -0.39 is 36.6 Å². The Hall–Kier alpha value is -1.55. The average molecular weight is 380 g/mol. The summed E-state index contributed by atoms with van der Waals surface area (Å²) in [6.45, 7) is 9.67. The number of nitrogens with zero attached hydrogens (tertiary/aromatic N) is 2. The third-order valence-corrected chi connectivity index (χ3v) is 3.27. The Morgan fingerprint density at radius 3 is 1.29 bits per heavy atom. The molecule has 0 aliphatic rings. The van der Waals surface area contributed by atoms with Crippen LogP contribution >= 0.6 is 24.0 Å². The number of amides is 3. The van der Waals surface area contributed by atoms with E-state index in [1.54, 1.807) is 47.8 Å². The molecule has 0 rings (SSSR count). The first-order valence-electron chi connectivity index (χ1n) is 7.31. The predicted molar refractivity (Wildman–Crippen MR) is 94.6 cm³/mol. The summed E-state index contributed by atoms with van der Waals surface area (Å²) in [5.74, 6) is 0. The van der Waals surface area contributed by atoms with Crippen LogP contribution in [0.5, 0.6) is 0 Å². The summed E-state index contributed by atoms with van der Waals surface area (Å²) in [4.78, 5) is 36.9. The molecular weight excluding hydrogens is 356 g/mol. The molecule has 0 N–H and O–H groups in total. The number of ether oxygens (including phenoxy) is 3. The lowest BCUT2D eigenvalue weighted by atomic mass is 10.5. The summed E-state index contributed by atoms with van der Waals surface area (Å²) in [5, 5.41) is 1.04. The van der Waals surface area contributed by atoms with Crippen LogP contribution in [0.4, 0.5) is 14.4 Å². The number of thiocarbonyl (C=S) groups is 1. The SMILES string of the molecule is CSC(=S)N(C(=O)OC(C)C)N(C(=O)OC(C)C)C(=O)OC(C)C. The Bertz CT molecular complexity index is 460. The van der Waals surface area contributed by atoms with E-state index in [1.165, 1.54) is 0 Å². The maximum Gasteiger partial charge on any atom is 0.439 e. The van der Waals surface area contributed by atoms with Gasteiger partial charge in [0.2, 0.25) is 0 Å². The second-order valence-corrected chi connectivity index (χ2v) is 6.83. The van der Waals surface area contributed by atoms with E-state index in [9.17, 15) is 14.4 Å². The zero-order valence-electron chi connectivity index (χ0n) is 14.9. The van der Waals surface area contributed by atoms with Gasteiger partial charge in [0.1, 0.15) is 0 Å². The minimum Gasteiger partial charge on any atom is -0.445 e. The molecule has 0 aromatic carbocycles. The van der Waals surface area contributed by atoms with Crippen molar-refractivity contribution in [1.82, 2.24) is 10.0 Å². The Morgan fingerprint density at radius 2 is 1.04 bits per heavy atom. The van der Waals surface area contributed by atoms with Crippen LogP contribution in [0.3, 0.4) is 0 Å². The third kappa shape index (κ3) is 7.35. The largest absolute Gasteiger partial charge is 0.445 e. The normalized spacial score (nSPS) is 10.6. The second-order valence-electron chi connectivity index (χ2n) is 5.39. The fraction of sp³-hybridized carbons (Fsp3) is 0.714. The topological polar surface area (TPSA) is 85.4 Å². The quantitative estimate of drug-likeness (QED) is 0.415. The van der Waals surface area contributed by atoms with Crippen LogP contribution in [0.2, 0.25) is 0 Å². The summed E-state index contributed by atoms with van der Waals surface area (Å²) >= 11 is 6.07. The number of imide groups is 1. The summed E-state index contributed by atoms with van der Waals surface area (Å²) < 4.78 is 15.0. The smallest absolute Gasteiger partial charge is 0.439 e. The van der Waals surface area contributed by atoms with Gasteiger partial charge in [-0.15, -0.1) is 5.01 Å². The van der Waals surface area contributed by atoms with E-state index in [0.717, 1.165) is 11.8 Å². The molecule has 0 heterocycles. The van der Waals surface area contributed by atoms with Gasteiger partial charge in [0.25, 0.3) is 0 Å². The number of hydrazine groups is 1. The highest BCUT2D eigenvalue weighted by molar-refractivity contribution is 8.22. The molecule has 8 nitrogen and oxygen atoms in total. The van der Waals surface area contributed by atoms with Gasteiger partial charge in [0, 0.05) is 0 Å². The van der Waals surface area contributed by atoms with Crippen LogP contribution in [0.1, 0.15) is 41.5 Å². The van der Waals surface area contributed by atoms with Crippen molar-refractivity contribution in [1.29, 1.82) is 0 Å². The molecule has 0 saturated heterocycles.